The number of carbonyl (C=O) groups excluding carboxylic acids is 1. The Kier molecular flexibility index (Phi) is 3.55. The minimum Gasteiger partial charge on any atom is -0.443 e. The molecule has 1 aromatic heterocycles. The molecule has 1 aromatic carbocycles. The number of hydrogen-bond acceptors (Lipinski definition) is 3. The van der Waals surface area contributed by atoms with Crippen molar-refractivity contribution in [3.05, 3.63) is 27.1 Å². The quantitative estimate of drug-likeness (QED) is 0.649. The highest BCUT2D eigenvalue weighted by molar-refractivity contribution is 14.1. The molecule has 0 saturated heterocycles. The van der Waals surface area contributed by atoms with E-state index >= 15 is 0 Å². The average molecular weight is 379 g/mol. The van der Waals surface area contributed by atoms with Crippen LogP contribution in [0.25, 0.3) is 11.0 Å². The van der Waals surface area contributed by atoms with Crippen LogP contribution in [0.4, 0.5) is 4.79 Å². The monoisotopic (exact) mass is 378 g/mol. The SMILES string of the molecule is CC(C)(C)OC(=O)n1c(Cl)nc2ccc(I)cc21. The van der Waals surface area contributed by atoms with E-state index in [1.807, 2.05) is 39.0 Å². The van der Waals surface area contributed by atoms with E-state index in [1.165, 1.54) is 4.57 Å². The minimum atomic E-state index is -0.570. The smallest absolute Gasteiger partial charge is 0.421 e. The second-order valence-electron chi connectivity index (χ2n) is 4.83. The van der Waals surface area contributed by atoms with Crippen LogP contribution in [0.3, 0.4) is 0 Å². The Labute approximate surface area is 123 Å². The summed E-state index contributed by atoms with van der Waals surface area (Å²) in [4.78, 5) is 16.2. The summed E-state index contributed by atoms with van der Waals surface area (Å²) >= 11 is 8.16. The van der Waals surface area contributed by atoms with Crippen molar-refractivity contribution in [3.63, 3.8) is 0 Å². The third-order valence-electron chi connectivity index (χ3n) is 2.15. The van der Waals surface area contributed by atoms with Crippen LogP contribution in [-0.2, 0) is 4.74 Å². The Bertz CT molecular complexity index is 616. The van der Waals surface area contributed by atoms with Gasteiger partial charge in [0.2, 0.25) is 5.28 Å². The molecule has 18 heavy (non-hydrogen) atoms. The number of carbonyl (C=O) groups is 1. The molecule has 0 radical (unpaired) electrons. The lowest BCUT2D eigenvalue weighted by Crippen LogP contribution is -2.27. The number of rotatable bonds is 0. The predicted octanol–water partition coefficient (Wildman–Crippen LogP) is 4.08. The molecule has 0 aliphatic carbocycles. The number of fused-ring (bicyclic) bond motifs is 1. The first-order chi connectivity index (χ1) is 8.28. The van der Waals surface area contributed by atoms with Crippen LogP contribution in [0.15, 0.2) is 18.2 Å². The molecule has 0 atom stereocenters. The summed E-state index contributed by atoms with van der Waals surface area (Å²) in [5.41, 5.74) is 0.756. The Balaban J connectivity index is 2.53. The lowest BCUT2D eigenvalue weighted by molar-refractivity contribution is 0.0544. The van der Waals surface area contributed by atoms with Crippen LogP contribution in [0.5, 0.6) is 0 Å². The van der Waals surface area contributed by atoms with E-state index in [-0.39, 0.29) is 5.28 Å². The number of aromatic nitrogens is 2. The van der Waals surface area contributed by atoms with Gasteiger partial charge in [0.05, 0.1) is 11.0 Å². The number of hydrogen-bond donors (Lipinski definition) is 0. The van der Waals surface area contributed by atoms with Crippen LogP contribution in [0.1, 0.15) is 20.8 Å². The maximum Gasteiger partial charge on any atom is 0.421 e. The molecule has 2 aromatic rings. The lowest BCUT2D eigenvalue weighted by Gasteiger charge is -2.19. The first-order valence-corrected chi connectivity index (χ1v) is 6.80. The molecule has 0 spiro atoms. The zero-order valence-electron chi connectivity index (χ0n) is 10.2. The van der Waals surface area contributed by atoms with Gasteiger partial charge in [-0.1, -0.05) is 0 Å². The van der Waals surface area contributed by atoms with Crippen LogP contribution in [0.2, 0.25) is 5.28 Å². The van der Waals surface area contributed by atoms with E-state index < -0.39 is 11.7 Å². The molecular formula is C12H12ClIN2O2. The fourth-order valence-electron chi connectivity index (χ4n) is 1.50. The summed E-state index contributed by atoms with van der Waals surface area (Å²) in [5.74, 6) is 0. The first-order valence-electron chi connectivity index (χ1n) is 5.35. The van der Waals surface area contributed by atoms with E-state index in [0.717, 1.165) is 3.57 Å². The molecule has 4 nitrogen and oxygen atoms in total. The first kappa shape index (κ1) is 13.6. The van der Waals surface area contributed by atoms with Gasteiger partial charge in [-0.3, -0.25) is 0 Å². The van der Waals surface area contributed by atoms with Crippen molar-refractivity contribution in [1.82, 2.24) is 9.55 Å². The second kappa shape index (κ2) is 4.70. The van der Waals surface area contributed by atoms with Crippen molar-refractivity contribution in [2.75, 3.05) is 0 Å². The summed E-state index contributed by atoms with van der Waals surface area (Å²) in [6.07, 6.45) is -0.517. The summed E-state index contributed by atoms with van der Waals surface area (Å²) in [6.45, 7) is 5.42. The standard InChI is InChI=1S/C12H12ClIN2O2/c1-12(2,3)18-11(17)16-9-6-7(14)4-5-8(9)15-10(16)13/h4-6H,1-3H3. The summed E-state index contributed by atoms with van der Waals surface area (Å²) in [5, 5.41) is 0.112. The van der Waals surface area contributed by atoms with Gasteiger partial charge in [0, 0.05) is 3.57 Å². The van der Waals surface area contributed by atoms with Crippen LogP contribution in [0, 0.1) is 3.57 Å². The highest BCUT2D eigenvalue weighted by Crippen LogP contribution is 2.23. The maximum atomic E-state index is 12.1. The van der Waals surface area contributed by atoms with Gasteiger partial charge < -0.3 is 4.74 Å². The maximum absolute atomic E-state index is 12.1. The van der Waals surface area contributed by atoms with Crippen molar-refractivity contribution < 1.29 is 9.53 Å². The normalized spacial score (nSPS) is 11.8. The topological polar surface area (TPSA) is 44.1 Å². The number of imidazole rings is 1. The van der Waals surface area contributed by atoms with E-state index in [1.54, 1.807) is 0 Å². The second-order valence-corrected chi connectivity index (χ2v) is 6.41. The van der Waals surface area contributed by atoms with E-state index in [0.29, 0.717) is 11.0 Å². The molecular weight excluding hydrogens is 367 g/mol. The fraction of sp³-hybridized carbons (Fsp3) is 0.333. The summed E-state index contributed by atoms with van der Waals surface area (Å²) < 4.78 is 7.59. The highest BCUT2D eigenvalue weighted by Gasteiger charge is 2.22. The fourth-order valence-corrected chi connectivity index (χ4v) is 2.23. The molecule has 96 valence electrons. The van der Waals surface area contributed by atoms with Crippen LogP contribution >= 0.6 is 34.2 Å². The number of nitrogens with zero attached hydrogens (tertiary/aromatic N) is 2. The lowest BCUT2D eigenvalue weighted by atomic mass is 10.2. The van der Waals surface area contributed by atoms with E-state index in [9.17, 15) is 4.79 Å². The third-order valence-corrected chi connectivity index (χ3v) is 3.08. The van der Waals surface area contributed by atoms with Crippen LogP contribution < -0.4 is 0 Å². The molecule has 0 saturated carbocycles. The van der Waals surface area contributed by atoms with E-state index in [2.05, 4.69) is 27.6 Å². The molecule has 0 aliphatic heterocycles. The van der Waals surface area contributed by atoms with Gasteiger partial charge in [0.1, 0.15) is 5.60 Å². The summed E-state index contributed by atoms with van der Waals surface area (Å²) in [7, 11) is 0. The zero-order chi connectivity index (χ0) is 13.5. The molecule has 0 aliphatic rings. The van der Waals surface area contributed by atoms with Gasteiger partial charge in [-0.25, -0.2) is 14.3 Å². The number of halogens is 2. The molecule has 1 heterocycles. The van der Waals surface area contributed by atoms with Crippen LogP contribution in [-0.4, -0.2) is 21.2 Å². The van der Waals surface area contributed by atoms with Crippen molar-refractivity contribution in [3.8, 4) is 0 Å². The zero-order valence-corrected chi connectivity index (χ0v) is 13.1. The van der Waals surface area contributed by atoms with Gasteiger partial charge in [-0.05, 0) is 73.2 Å². The Morgan fingerprint density at radius 2 is 2.11 bits per heavy atom. The Morgan fingerprint density at radius 1 is 1.44 bits per heavy atom. The molecule has 2 rings (SSSR count). The third kappa shape index (κ3) is 2.77. The Hall–Kier alpha value is -0.820. The van der Waals surface area contributed by atoms with Gasteiger partial charge in [-0.2, -0.15) is 0 Å². The van der Waals surface area contributed by atoms with Crippen molar-refractivity contribution in [2.45, 2.75) is 26.4 Å². The molecule has 6 heteroatoms. The predicted molar refractivity (Wildman–Crippen MR) is 79.1 cm³/mol. The van der Waals surface area contributed by atoms with Crippen molar-refractivity contribution >= 4 is 51.3 Å². The molecule has 0 fully saturated rings. The molecule has 0 amide bonds. The van der Waals surface area contributed by atoms with Crippen molar-refractivity contribution in [1.29, 1.82) is 0 Å². The van der Waals surface area contributed by atoms with Crippen molar-refractivity contribution in [2.24, 2.45) is 0 Å². The molecule has 0 bridgehead atoms. The van der Waals surface area contributed by atoms with E-state index in [4.69, 9.17) is 16.3 Å². The number of ether oxygens (including phenoxy) is 1. The highest BCUT2D eigenvalue weighted by atomic mass is 127. The summed E-state index contributed by atoms with van der Waals surface area (Å²) in [6, 6.07) is 5.58. The van der Waals surface area contributed by atoms with Gasteiger partial charge in [0.15, 0.2) is 0 Å². The minimum absolute atomic E-state index is 0.112. The Morgan fingerprint density at radius 3 is 2.72 bits per heavy atom. The number of benzene rings is 1. The van der Waals surface area contributed by atoms with Gasteiger partial charge in [-0.15, -0.1) is 0 Å². The largest absolute Gasteiger partial charge is 0.443 e. The molecule has 0 N–H and O–H groups in total. The molecule has 0 unspecified atom stereocenters. The van der Waals surface area contributed by atoms with Gasteiger partial charge in [0.25, 0.3) is 0 Å². The van der Waals surface area contributed by atoms with Gasteiger partial charge >= 0.3 is 6.09 Å². The average Bonchev–Trinajstić information content (AvgIpc) is 2.50.